The molecule has 0 saturated heterocycles. The number of nitrogens with zero attached hydrogens (tertiary/aromatic N) is 3. The van der Waals surface area contributed by atoms with Gasteiger partial charge in [0.2, 0.25) is 0 Å². The van der Waals surface area contributed by atoms with E-state index in [4.69, 9.17) is 4.42 Å². The monoisotopic (exact) mass is 530 g/mol. The van der Waals surface area contributed by atoms with Crippen LogP contribution in [-0.2, 0) is 6.54 Å². The van der Waals surface area contributed by atoms with Gasteiger partial charge in [-0.15, -0.1) is 0 Å². The first kappa shape index (κ1) is 22.5. The van der Waals surface area contributed by atoms with Crippen LogP contribution >= 0.6 is 15.9 Å². The summed E-state index contributed by atoms with van der Waals surface area (Å²) in [6, 6.07) is 21.9. The fourth-order valence-electron chi connectivity index (χ4n) is 4.06. The van der Waals surface area contributed by atoms with Crippen molar-refractivity contribution in [3.8, 4) is 0 Å². The van der Waals surface area contributed by atoms with Crippen molar-refractivity contribution in [2.24, 2.45) is 5.10 Å². The molecule has 174 valence electrons. The third-order valence-corrected chi connectivity index (χ3v) is 6.36. The standard InChI is InChI=1S/C26H19BrN4O4/c1-16-22(21-4-2-3-5-23(21)30(16)15-17-6-8-19(27)9-7-17)14-28-29-26(32)25-13-18-12-20(31(33)34)10-11-24(18)35-25/h2-14H,15H2,1H3,(H,29,32)/b28-14-. The average molecular weight is 531 g/mol. The van der Waals surface area contributed by atoms with Gasteiger partial charge in [0.05, 0.1) is 11.1 Å². The van der Waals surface area contributed by atoms with E-state index in [2.05, 4.69) is 49.2 Å². The summed E-state index contributed by atoms with van der Waals surface area (Å²) in [4.78, 5) is 23.1. The number of para-hydroxylation sites is 1. The normalized spacial score (nSPS) is 11.5. The molecule has 0 saturated carbocycles. The lowest BCUT2D eigenvalue weighted by Gasteiger charge is -2.09. The Morgan fingerprint density at radius 2 is 1.91 bits per heavy atom. The second-order valence-corrected chi connectivity index (χ2v) is 8.93. The third-order valence-electron chi connectivity index (χ3n) is 5.83. The first-order valence-electron chi connectivity index (χ1n) is 10.7. The van der Waals surface area contributed by atoms with Crippen molar-refractivity contribution in [1.82, 2.24) is 9.99 Å². The number of nitrogens with one attached hydrogen (secondary N) is 1. The summed E-state index contributed by atoms with van der Waals surface area (Å²) in [7, 11) is 0. The van der Waals surface area contributed by atoms with Gasteiger partial charge in [-0.2, -0.15) is 5.10 Å². The number of non-ortho nitro benzene ring substituents is 1. The minimum atomic E-state index is -0.545. The van der Waals surface area contributed by atoms with Gasteiger partial charge in [-0.05, 0) is 42.8 Å². The Morgan fingerprint density at radius 1 is 1.14 bits per heavy atom. The zero-order chi connectivity index (χ0) is 24.5. The van der Waals surface area contributed by atoms with E-state index in [-0.39, 0.29) is 11.4 Å². The molecule has 8 nitrogen and oxygen atoms in total. The van der Waals surface area contributed by atoms with Gasteiger partial charge in [0.15, 0.2) is 5.76 Å². The van der Waals surface area contributed by atoms with Crippen LogP contribution in [0.15, 0.2) is 86.8 Å². The molecule has 9 heteroatoms. The van der Waals surface area contributed by atoms with Gasteiger partial charge in [0.25, 0.3) is 5.69 Å². The molecule has 2 aromatic heterocycles. The number of nitro benzene ring substituents is 1. The van der Waals surface area contributed by atoms with Gasteiger partial charge in [-0.1, -0.05) is 46.3 Å². The molecule has 1 N–H and O–H groups in total. The van der Waals surface area contributed by atoms with E-state index in [1.807, 2.05) is 37.3 Å². The SMILES string of the molecule is Cc1c(/C=N\NC(=O)c2cc3cc([N+](=O)[O-])ccc3o2)c2ccccc2n1Cc1ccc(Br)cc1. The summed E-state index contributed by atoms with van der Waals surface area (Å²) < 4.78 is 8.77. The van der Waals surface area contributed by atoms with Gasteiger partial charge in [-0.3, -0.25) is 14.9 Å². The summed E-state index contributed by atoms with van der Waals surface area (Å²) >= 11 is 3.47. The minimum Gasteiger partial charge on any atom is -0.451 e. The van der Waals surface area contributed by atoms with Crippen LogP contribution in [0.25, 0.3) is 21.9 Å². The summed E-state index contributed by atoms with van der Waals surface area (Å²) in [6.45, 7) is 2.72. The molecule has 0 aliphatic carbocycles. The van der Waals surface area contributed by atoms with E-state index in [0.717, 1.165) is 26.6 Å². The molecule has 5 rings (SSSR count). The van der Waals surface area contributed by atoms with E-state index in [0.29, 0.717) is 17.5 Å². The lowest BCUT2D eigenvalue weighted by Crippen LogP contribution is -2.16. The highest BCUT2D eigenvalue weighted by Gasteiger charge is 2.16. The summed E-state index contributed by atoms with van der Waals surface area (Å²) in [5.41, 5.74) is 6.96. The van der Waals surface area contributed by atoms with Crippen LogP contribution in [0.2, 0.25) is 0 Å². The first-order valence-corrected chi connectivity index (χ1v) is 11.5. The van der Waals surface area contributed by atoms with Gasteiger partial charge < -0.3 is 8.98 Å². The van der Waals surface area contributed by atoms with Crippen molar-refractivity contribution in [3.63, 3.8) is 0 Å². The largest absolute Gasteiger partial charge is 0.451 e. The Morgan fingerprint density at radius 3 is 2.69 bits per heavy atom. The number of hydrogen-bond donors (Lipinski definition) is 1. The Kier molecular flexibility index (Phi) is 5.92. The molecule has 3 aromatic carbocycles. The fraction of sp³-hybridized carbons (Fsp3) is 0.0769. The van der Waals surface area contributed by atoms with Crippen molar-refractivity contribution in [2.75, 3.05) is 0 Å². The Bertz CT molecular complexity index is 1620. The number of amides is 1. The van der Waals surface area contributed by atoms with Gasteiger partial charge in [0.1, 0.15) is 5.58 Å². The maximum atomic E-state index is 12.6. The number of hydrazone groups is 1. The highest BCUT2D eigenvalue weighted by atomic mass is 79.9. The molecule has 5 aromatic rings. The quantitative estimate of drug-likeness (QED) is 0.161. The third kappa shape index (κ3) is 4.45. The van der Waals surface area contributed by atoms with Gasteiger partial charge >= 0.3 is 5.91 Å². The predicted molar refractivity (Wildman–Crippen MR) is 138 cm³/mol. The zero-order valence-corrected chi connectivity index (χ0v) is 20.2. The number of rotatable bonds is 6. The number of fused-ring (bicyclic) bond motifs is 2. The van der Waals surface area contributed by atoms with Crippen molar-refractivity contribution < 1.29 is 14.1 Å². The summed E-state index contributed by atoms with van der Waals surface area (Å²) in [5, 5.41) is 16.6. The molecule has 0 bridgehead atoms. The minimum absolute atomic E-state index is 0.0204. The molecule has 0 radical (unpaired) electrons. The number of aromatic nitrogens is 1. The van der Waals surface area contributed by atoms with Crippen molar-refractivity contribution in [1.29, 1.82) is 0 Å². The number of benzene rings is 3. The molecule has 2 heterocycles. The fourth-order valence-corrected chi connectivity index (χ4v) is 4.33. The van der Waals surface area contributed by atoms with Crippen LogP contribution in [-0.4, -0.2) is 21.6 Å². The average Bonchev–Trinajstić information content (AvgIpc) is 3.40. The van der Waals surface area contributed by atoms with Crippen LogP contribution in [0.4, 0.5) is 5.69 Å². The Hall–Kier alpha value is -4.24. The summed E-state index contributed by atoms with van der Waals surface area (Å²) in [6.07, 6.45) is 1.63. The first-order chi connectivity index (χ1) is 16.9. The maximum Gasteiger partial charge on any atom is 0.307 e. The number of nitro groups is 1. The van der Waals surface area contributed by atoms with E-state index >= 15 is 0 Å². The van der Waals surface area contributed by atoms with Crippen LogP contribution in [0.1, 0.15) is 27.4 Å². The number of carbonyl (C=O) groups excluding carboxylic acids is 1. The lowest BCUT2D eigenvalue weighted by molar-refractivity contribution is -0.384. The highest BCUT2D eigenvalue weighted by molar-refractivity contribution is 9.10. The number of carbonyl (C=O) groups is 1. The van der Waals surface area contributed by atoms with Crippen LogP contribution in [0, 0.1) is 17.0 Å². The summed E-state index contributed by atoms with van der Waals surface area (Å²) in [5.74, 6) is -0.525. The molecule has 0 aliphatic heterocycles. The molecule has 0 aliphatic rings. The van der Waals surface area contributed by atoms with Crippen molar-refractivity contribution in [2.45, 2.75) is 13.5 Å². The molecule has 0 spiro atoms. The van der Waals surface area contributed by atoms with Crippen LogP contribution in [0.5, 0.6) is 0 Å². The Labute approximate surface area is 208 Å². The molecule has 0 fully saturated rings. The van der Waals surface area contributed by atoms with Crippen LogP contribution in [0.3, 0.4) is 0 Å². The van der Waals surface area contributed by atoms with E-state index in [1.54, 1.807) is 6.21 Å². The molecule has 1 amide bonds. The van der Waals surface area contributed by atoms with Crippen molar-refractivity contribution in [3.05, 3.63) is 110 Å². The highest BCUT2D eigenvalue weighted by Crippen LogP contribution is 2.26. The van der Waals surface area contributed by atoms with Gasteiger partial charge in [0, 0.05) is 50.7 Å². The van der Waals surface area contributed by atoms with Crippen LogP contribution < -0.4 is 5.43 Å². The molecular formula is C26H19BrN4O4. The van der Waals surface area contributed by atoms with E-state index in [9.17, 15) is 14.9 Å². The van der Waals surface area contributed by atoms with Crippen molar-refractivity contribution >= 4 is 55.6 Å². The second kappa shape index (κ2) is 9.19. The molecular weight excluding hydrogens is 512 g/mol. The smallest absolute Gasteiger partial charge is 0.307 e. The maximum absolute atomic E-state index is 12.6. The zero-order valence-electron chi connectivity index (χ0n) is 18.6. The predicted octanol–water partition coefficient (Wildman–Crippen LogP) is 6.18. The lowest BCUT2D eigenvalue weighted by atomic mass is 10.1. The van der Waals surface area contributed by atoms with E-state index < -0.39 is 10.8 Å². The number of halogens is 1. The molecule has 0 atom stereocenters. The van der Waals surface area contributed by atoms with E-state index in [1.165, 1.54) is 29.8 Å². The van der Waals surface area contributed by atoms with Gasteiger partial charge in [-0.25, -0.2) is 5.43 Å². The second-order valence-electron chi connectivity index (χ2n) is 8.02. The Balaban J connectivity index is 1.40. The topological polar surface area (TPSA) is 103 Å². The number of hydrogen-bond acceptors (Lipinski definition) is 5. The molecule has 35 heavy (non-hydrogen) atoms. The molecule has 0 unspecified atom stereocenters. The number of furan rings is 1.